The van der Waals surface area contributed by atoms with Gasteiger partial charge in [0, 0.05) is 24.2 Å². The van der Waals surface area contributed by atoms with E-state index in [0.717, 1.165) is 22.4 Å². The number of nitrogens with zero attached hydrogens (tertiary/aromatic N) is 4. The van der Waals surface area contributed by atoms with Gasteiger partial charge in [-0.2, -0.15) is 4.99 Å². The van der Waals surface area contributed by atoms with E-state index in [1.165, 1.54) is 7.05 Å². The molecule has 2 aromatic carbocycles. The number of carbonyl (C=O) groups excluding carboxylic acids is 2. The average Bonchev–Trinajstić information content (AvgIpc) is 3.04. The molecule has 136 valence electrons. The fourth-order valence-electron chi connectivity index (χ4n) is 3.18. The van der Waals surface area contributed by atoms with E-state index < -0.39 is 12.1 Å². The number of carbonyl (C=O) groups is 2. The average molecular weight is 381 g/mol. The zero-order chi connectivity index (χ0) is 19.0. The molecule has 2 aliphatic rings. The predicted molar refractivity (Wildman–Crippen MR) is 104 cm³/mol. The quantitative estimate of drug-likeness (QED) is 0.819. The summed E-state index contributed by atoms with van der Waals surface area (Å²) in [6.45, 7) is 0.561. The second-order valence-electron chi connectivity index (χ2n) is 6.40. The monoisotopic (exact) mass is 380 g/mol. The maximum atomic E-state index is 12.5. The number of rotatable bonds is 4. The lowest BCUT2D eigenvalue weighted by Gasteiger charge is -2.26. The SMILES string of the molecule is CN1C(=O)N=C2C(N=C(c3ccc(Cl)cc3)N2CCc2ccccc2)C1=O. The molecule has 4 rings (SSSR count). The van der Waals surface area contributed by atoms with Crippen molar-refractivity contribution in [1.82, 2.24) is 9.80 Å². The van der Waals surface area contributed by atoms with Crippen LogP contribution in [0.3, 0.4) is 0 Å². The molecule has 0 spiro atoms. The Hall–Kier alpha value is -2.99. The third-order valence-electron chi connectivity index (χ3n) is 4.66. The molecule has 2 heterocycles. The van der Waals surface area contributed by atoms with Crippen molar-refractivity contribution in [1.29, 1.82) is 0 Å². The van der Waals surface area contributed by atoms with Crippen LogP contribution in [0.15, 0.2) is 64.6 Å². The van der Waals surface area contributed by atoms with Crippen LogP contribution < -0.4 is 0 Å². The fourth-order valence-corrected chi connectivity index (χ4v) is 3.31. The number of hydrogen-bond acceptors (Lipinski definition) is 4. The van der Waals surface area contributed by atoms with E-state index in [4.69, 9.17) is 11.6 Å². The van der Waals surface area contributed by atoms with Gasteiger partial charge >= 0.3 is 6.03 Å². The van der Waals surface area contributed by atoms with Crippen molar-refractivity contribution < 1.29 is 9.59 Å². The van der Waals surface area contributed by atoms with Crippen LogP contribution >= 0.6 is 11.6 Å². The Bertz CT molecular complexity index is 954. The van der Waals surface area contributed by atoms with Crippen molar-refractivity contribution in [2.24, 2.45) is 9.98 Å². The molecule has 0 N–H and O–H groups in total. The van der Waals surface area contributed by atoms with Crippen LogP contribution in [0.5, 0.6) is 0 Å². The van der Waals surface area contributed by atoms with Crippen LogP contribution in [0, 0.1) is 0 Å². The number of imide groups is 1. The second-order valence-corrected chi connectivity index (χ2v) is 6.84. The van der Waals surface area contributed by atoms with Crippen molar-refractivity contribution in [3.05, 3.63) is 70.7 Å². The van der Waals surface area contributed by atoms with Gasteiger partial charge in [0.05, 0.1) is 0 Å². The van der Waals surface area contributed by atoms with Gasteiger partial charge in [-0.3, -0.25) is 9.69 Å². The van der Waals surface area contributed by atoms with E-state index in [1.807, 2.05) is 47.4 Å². The van der Waals surface area contributed by atoms with E-state index in [-0.39, 0.29) is 5.91 Å². The maximum Gasteiger partial charge on any atom is 0.351 e. The number of halogens is 1. The molecular weight excluding hydrogens is 364 g/mol. The third-order valence-corrected chi connectivity index (χ3v) is 4.91. The Morgan fingerprint density at radius 3 is 2.44 bits per heavy atom. The maximum absolute atomic E-state index is 12.5. The molecule has 1 atom stereocenters. The van der Waals surface area contributed by atoms with Crippen molar-refractivity contribution >= 4 is 35.2 Å². The number of hydrogen-bond donors (Lipinski definition) is 0. The number of amides is 3. The van der Waals surface area contributed by atoms with Gasteiger partial charge in [-0.25, -0.2) is 9.79 Å². The highest BCUT2D eigenvalue weighted by molar-refractivity contribution is 6.31. The van der Waals surface area contributed by atoms with Gasteiger partial charge in [0.15, 0.2) is 11.9 Å². The van der Waals surface area contributed by atoms with Gasteiger partial charge in [-0.15, -0.1) is 0 Å². The number of likely N-dealkylation sites (N-methyl/N-ethyl adjacent to an activating group) is 1. The summed E-state index contributed by atoms with van der Waals surface area (Å²) in [7, 11) is 1.43. The lowest BCUT2D eigenvalue weighted by molar-refractivity contribution is -0.127. The molecule has 0 bridgehead atoms. The van der Waals surface area contributed by atoms with Gasteiger partial charge in [0.1, 0.15) is 5.84 Å². The van der Waals surface area contributed by atoms with E-state index >= 15 is 0 Å². The molecule has 3 amide bonds. The zero-order valence-corrected chi connectivity index (χ0v) is 15.4. The highest BCUT2D eigenvalue weighted by Crippen LogP contribution is 2.24. The molecule has 0 saturated carbocycles. The van der Waals surface area contributed by atoms with Crippen molar-refractivity contribution in [2.45, 2.75) is 12.5 Å². The molecule has 6 nitrogen and oxygen atoms in total. The van der Waals surface area contributed by atoms with Gasteiger partial charge in [0.25, 0.3) is 5.91 Å². The van der Waals surface area contributed by atoms with Crippen LogP contribution in [0.4, 0.5) is 4.79 Å². The van der Waals surface area contributed by atoms with Crippen LogP contribution in [0.25, 0.3) is 0 Å². The van der Waals surface area contributed by atoms with Gasteiger partial charge < -0.3 is 4.90 Å². The summed E-state index contributed by atoms with van der Waals surface area (Å²) in [4.78, 5) is 36.2. The molecule has 1 unspecified atom stereocenters. The molecule has 27 heavy (non-hydrogen) atoms. The summed E-state index contributed by atoms with van der Waals surface area (Å²) < 4.78 is 0. The van der Waals surface area contributed by atoms with E-state index in [2.05, 4.69) is 9.98 Å². The number of aliphatic imine (C=N–C) groups is 2. The summed E-state index contributed by atoms with van der Waals surface area (Å²) in [5.41, 5.74) is 1.98. The topological polar surface area (TPSA) is 65.3 Å². The number of fused-ring (bicyclic) bond motifs is 1. The van der Waals surface area contributed by atoms with Crippen molar-refractivity contribution in [3.63, 3.8) is 0 Å². The third kappa shape index (κ3) is 3.24. The lowest BCUT2D eigenvalue weighted by Crippen LogP contribution is -2.50. The fraction of sp³-hybridized carbons (Fsp3) is 0.200. The van der Waals surface area contributed by atoms with Crippen LogP contribution in [-0.4, -0.2) is 53.0 Å². The molecule has 2 aromatic rings. The van der Waals surface area contributed by atoms with E-state index in [0.29, 0.717) is 23.2 Å². The summed E-state index contributed by atoms with van der Waals surface area (Å²) in [6, 6.07) is 15.9. The largest absolute Gasteiger partial charge is 0.351 e. The molecule has 2 aliphatic heterocycles. The molecule has 7 heteroatoms. The number of benzene rings is 2. The normalized spacial score (nSPS) is 19.1. The predicted octanol–water partition coefficient (Wildman–Crippen LogP) is 3.00. The first-order valence-electron chi connectivity index (χ1n) is 8.60. The molecular formula is C20H17ClN4O2. The minimum absolute atomic E-state index is 0.362. The smallest absolute Gasteiger partial charge is 0.312 e. The van der Waals surface area contributed by atoms with Crippen molar-refractivity contribution in [2.75, 3.05) is 13.6 Å². The Kier molecular flexibility index (Phi) is 4.49. The summed E-state index contributed by atoms with van der Waals surface area (Å²) >= 11 is 6.00. The van der Waals surface area contributed by atoms with Gasteiger partial charge in [-0.1, -0.05) is 41.9 Å². The standard InChI is InChI=1S/C20H17ClN4O2/c1-24-19(26)16-18(23-20(24)27)25(12-11-13-5-3-2-4-6-13)17(22-16)14-7-9-15(21)10-8-14/h2-10,16H,11-12H2,1H3. The highest BCUT2D eigenvalue weighted by Gasteiger charge is 2.43. The number of amidine groups is 2. The Balaban J connectivity index is 1.70. The molecule has 0 aromatic heterocycles. The molecule has 0 saturated heterocycles. The number of urea groups is 1. The minimum Gasteiger partial charge on any atom is -0.312 e. The second kappa shape index (κ2) is 6.96. The zero-order valence-electron chi connectivity index (χ0n) is 14.7. The Morgan fingerprint density at radius 1 is 1.04 bits per heavy atom. The summed E-state index contributed by atoms with van der Waals surface area (Å²) in [5.74, 6) is 0.658. The summed E-state index contributed by atoms with van der Waals surface area (Å²) in [6.07, 6.45) is 0.734. The Morgan fingerprint density at radius 2 is 1.74 bits per heavy atom. The van der Waals surface area contributed by atoms with E-state index in [9.17, 15) is 9.59 Å². The van der Waals surface area contributed by atoms with Crippen LogP contribution in [0.1, 0.15) is 11.1 Å². The molecule has 0 fully saturated rings. The highest BCUT2D eigenvalue weighted by atomic mass is 35.5. The first-order valence-corrected chi connectivity index (χ1v) is 8.98. The van der Waals surface area contributed by atoms with Crippen molar-refractivity contribution in [3.8, 4) is 0 Å². The van der Waals surface area contributed by atoms with Gasteiger partial charge in [-0.05, 0) is 36.2 Å². The minimum atomic E-state index is -0.783. The van der Waals surface area contributed by atoms with E-state index in [1.54, 1.807) is 12.1 Å². The first-order chi connectivity index (χ1) is 13.0. The van der Waals surface area contributed by atoms with Crippen LogP contribution in [-0.2, 0) is 11.2 Å². The van der Waals surface area contributed by atoms with Gasteiger partial charge in [0.2, 0.25) is 0 Å². The lowest BCUT2D eigenvalue weighted by atomic mass is 10.1. The van der Waals surface area contributed by atoms with Crippen LogP contribution in [0.2, 0.25) is 5.02 Å². The molecule has 0 radical (unpaired) electrons. The first kappa shape index (κ1) is 17.4. The molecule has 0 aliphatic carbocycles. The summed E-state index contributed by atoms with van der Waals surface area (Å²) in [5, 5.41) is 0.619. The Labute approximate surface area is 161 Å².